The van der Waals surface area contributed by atoms with Crippen LogP contribution in [0.5, 0.6) is 0 Å². The van der Waals surface area contributed by atoms with Crippen LogP contribution in [0, 0.1) is 0 Å². The fourth-order valence-corrected chi connectivity index (χ4v) is 1.27. The van der Waals surface area contributed by atoms with Crippen LogP contribution in [0.3, 0.4) is 0 Å². The molecule has 0 saturated heterocycles. The minimum atomic E-state index is -1.16. The summed E-state index contributed by atoms with van der Waals surface area (Å²) in [6, 6.07) is 2.89. The summed E-state index contributed by atoms with van der Waals surface area (Å²) in [7, 11) is 1.27. The topological polar surface area (TPSA) is 79.7 Å². The van der Waals surface area contributed by atoms with Crippen LogP contribution >= 0.6 is 11.6 Å². The Balaban J connectivity index is 2.82. The monoisotopic (exact) mass is 245 g/mol. The zero-order chi connectivity index (χ0) is 12.1. The molecule has 1 aromatic heterocycles. The van der Waals surface area contributed by atoms with Crippen molar-refractivity contribution in [2.24, 2.45) is 0 Å². The number of aliphatic hydroxyl groups excluding tert-OH is 2. The molecule has 16 heavy (non-hydrogen) atoms. The highest BCUT2D eigenvalue weighted by molar-refractivity contribution is 6.18. The quantitative estimate of drug-likeness (QED) is 0.597. The van der Waals surface area contributed by atoms with Gasteiger partial charge in [0.2, 0.25) is 0 Å². The van der Waals surface area contributed by atoms with Gasteiger partial charge in [-0.25, -0.2) is 4.79 Å². The van der Waals surface area contributed by atoms with E-state index in [-0.39, 0.29) is 17.1 Å². The molecular weight excluding hydrogens is 234 g/mol. The van der Waals surface area contributed by atoms with Gasteiger partial charge in [-0.05, 0) is 12.1 Å². The van der Waals surface area contributed by atoms with E-state index in [0.717, 1.165) is 0 Å². The molecule has 88 valence electrons. The molecule has 0 aliphatic carbocycles. The lowest BCUT2D eigenvalue weighted by Gasteiger charge is -2.14. The van der Waals surface area contributed by atoms with E-state index in [1.165, 1.54) is 25.4 Å². The Kier molecular flexibility index (Phi) is 4.67. The molecule has 0 fully saturated rings. The average molecular weight is 246 g/mol. The molecule has 0 spiro atoms. The molecule has 0 aromatic carbocycles. The number of alkyl halides is 1. The smallest absolute Gasteiger partial charge is 0.339 e. The number of carbonyl (C=O) groups excluding carboxylic acids is 1. The third kappa shape index (κ3) is 2.91. The number of aromatic nitrogens is 1. The number of aliphatic hydroxyl groups is 2. The van der Waals surface area contributed by atoms with Crippen molar-refractivity contribution in [3.8, 4) is 0 Å². The number of carbonyl (C=O) groups is 1. The maximum Gasteiger partial charge on any atom is 0.339 e. The van der Waals surface area contributed by atoms with Crippen molar-refractivity contribution >= 4 is 17.6 Å². The fraction of sp³-hybridized carbons (Fsp3) is 0.400. The second-order valence-corrected chi connectivity index (χ2v) is 3.44. The third-order valence-corrected chi connectivity index (χ3v) is 2.35. The van der Waals surface area contributed by atoms with E-state index in [1.54, 1.807) is 0 Å². The van der Waals surface area contributed by atoms with Crippen molar-refractivity contribution in [1.82, 2.24) is 4.98 Å². The molecule has 0 aliphatic rings. The number of rotatable bonds is 4. The van der Waals surface area contributed by atoms with Crippen LogP contribution in [0.15, 0.2) is 18.3 Å². The average Bonchev–Trinajstić information content (AvgIpc) is 2.36. The lowest BCUT2D eigenvalue weighted by molar-refractivity contribution is 0.0299. The van der Waals surface area contributed by atoms with Gasteiger partial charge in [0, 0.05) is 6.20 Å². The van der Waals surface area contributed by atoms with E-state index in [0.29, 0.717) is 0 Å². The highest BCUT2D eigenvalue weighted by Crippen LogP contribution is 2.15. The van der Waals surface area contributed by atoms with Crippen molar-refractivity contribution in [2.45, 2.75) is 12.2 Å². The van der Waals surface area contributed by atoms with Crippen molar-refractivity contribution in [3.05, 3.63) is 29.6 Å². The standard InChI is InChI=1S/C10H12ClNO4/c1-16-10(15)6-2-3-7(12-5-6)9(14)8(13)4-11/h2-3,5,8-9,13-14H,4H2,1H3. The third-order valence-electron chi connectivity index (χ3n) is 2.03. The molecule has 2 atom stereocenters. The first-order valence-electron chi connectivity index (χ1n) is 4.56. The minimum absolute atomic E-state index is 0.0956. The summed E-state index contributed by atoms with van der Waals surface area (Å²) in [5.74, 6) is -0.604. The van der Waals surface area contributed by atoms with Gasteiger partial charge in [-0.3, -0.25) is 4.98 Å². The molecule has 0 amide bonds. The van der Waals surface area contributed by atoms with E-state index in [4.69, 9.17) is 11.6 Å². The Morgan fingerprint density at radius 1 is 1.56 bits per heavy atom. The van der Waals surface area contributed by atoms with E-state index in [9.17, 15) is 15.0 Å². The second kappa shape index (κ2) is 5.79. The summed E-state index contributed by atoms with van der Waals surface area (Å²) in [6.45, 7) is 0. The molecule has 0 saturated carbocycles. The van der Waals surface area contributed by atoms with Crippen molar-refractivity contribution in [3.63, 3.8) is 0 Å². The van der Waals surface area contributed by atoms with Gasteiger partial charge in [0.25, 0.3) is 0 Å². The summed E-state index contributed by atoms with van der Waals surface area (Å²) >= 11 is 5.39. The van der Waals surface area contributed by atoms with E-state index in [2.05, 4.69) is 9.72 Å². The van der Waals surface area contributed by atoms with E-state index < -0.39 is 18.2 Å². The van der Waals surface area contributed by atoms with Gasteiger partial charge in [0.15, 0.2) is 0 Å². The van der Waals surface area contributed by atoms with Crippen LogP contribution in [0.2, 0.25) is 0 Å². The Morgan fingerprint density at radius 3 is 2.69 bits per heavy atom. The molecule has 5 nitrogen and oxygen atoms in total. The Morgan fingerprint density at radius 2 is 2.25 bits per heavy atom. The lowest BCUT2D eigenvalue weighted by atomic mass is 10.1. The molecule has 1 rings (SSSR count). The summed E-state index contributed by atoms with van der Waals surface area (Å²) in [4.78, 5) is 14.9. The summed E-state index contributed by atoms with van der Waals surface area (Å²) in [5, 5.41) is 18.9. The first-order chi connectivity index (χ1) is 7.60. The number of nitrogens with zero attached hydrogens (tertiary/aromatic N) is 1. The van der Waals surface area contributed by atoms with Gasteiger partial charge < -0.3 is 14.9 Å². The number of hydrogen-bond donors (Lipinski definition) is 2. The Bertz CT molecular complexity index is 354. The number of methoxy groups -OCH3 is 1. The maximum absolute atomic E-state index is 11.1. The van der Waals surface area contributed by atoms with Gasteiger partial charge >= 0.3 is 5.97 Å². The highest BCUT2D eigenvalue weighted by Gasteiger charge is 2.19. The fourth-order valence-electron chi connectivity index (χ4n) is 1.10. The molecule has 2 unspecified atom stereocenters. The minimum Gasteiger partial charge on any atom is -0.465 e. The summed E-state index contributed by atoms with van der Waals surface area (Å²) in [5.41, 5.74) is 0.527. The molecule has 6 heteroatoms. The number of esters is 1. The number of hydrogen-bond acceptors (Lipinski definition) is 5. The van der Waals surface area contributed by atoms with Crippen molar-refractivity contribution in [1.29, 1.82) is 0 Å². The lowest BCUT2D eigenvalue weighted by Crippen LogP contribution is -2.20. The predicted molar refractivity (Wildman–Crippen MR) is 57.3 cm³/mol. The Labute approximate surface area is 97.6 Å². The zero-order valence-electron chi connectivity index (χ0n) is 8.63. The second-order valence-electron chi connectivity index (χ2n) is 3.13. The first kappa shape index (κ1) is 12.9. The Hall–Kier alpha value is -1.17. The number of ether oxygens (including phenoxy) is 1. The first-order valence-corrected chi connectivity index (χ1v) is 5.10. The van der Waals surface area contributed by atoms with Crippen molar-refractivity contribution < 1.29 is 19.7 Å². The van der Waals surface area contributed by atoms with Crippen LogP contribution < -0.4 is 0 Å². The molecule has 0 bridgehead atoms. The normalized spacial score (nSPS) is 14.2. The van der Waals surface area contributed by atoms with E-state index in [1.807, 2.05) is 0 Å². The van der Waals surface area contributed by atoms with Gasteiger partial charge in [-0.1, -0.05) is 0 Å². The molecule has 1 heterocycles. The molecular formula is C10H12ClNO4. The van der Waals surface area contributed by atoms with Crippen LogP contribution in [0.4, 0.5) is 0 Å². The molecule has 0 aliphatic heterocycles. The zero-order valence-corrected chi connectivity index (χ0v) is 9.39. The predicted octanol–water partition coefficient (Wildman–Crippen LogP) is 0.501. The largest absolute Gasteiger partial charge is 0.465 e. The van der Waals surface area contributed by atoms with Crippen LogP contribution in [-0.4, -0.2) is 40.3 Å². The van der Waals surface area contributed by atoms with Crippen LogP contribution in [0.25, 0.3) is 0 Å². The summed E-state index contributed by atoms with van der Waals surface area (Å²) in [6.07, 6.45) is -0.979. The summed E-state index contributed by atoms with van der Waals surface area (Å²) < 4.78 is 4.49. The molecule has 2 N–H and O–H groups in total. The molecule has 0 radical (unpaired) electrons. The van der Waals surface area contributed by atoms with Crippen LogP contribution in [0.1, 0.15) is 22.2 Å². The van der Waals surface area contributed by atoms with Gasteiger partial charge in [-0.2, -0.15) is 0 Å². The van der Waals surface area contributed by atoms with Crippen molar-refractivity contribution in [2.75, 3.05) is 13.0 Å². The van der Waals surface area contributed by atoms with Gasteiger partial charge in [-0.15, -0.1) is 11.6 Å². The van der Waals surface area contributed by atoms with Gasteiger partial charge in [0.1, 0.15) is 6.10 Å². The van der Waals surface area contributed by atoms with Gasteiger partial charge in [0.05, 0.1) is 30.4 Å². The maximum atomic E-state index is 11.1. The highest BCUT2D eigenvalue weighted by atomic mass is 35.5. The number of pyridine rings is 1. The number of halogens is 1. The van der Waals surface area contributed by atoms with E-state index >= 15 is 0 Å². The SMILES string of the molecule is COC(=O)c1ccc(C(O)C(O)CCl)nc1. The molecule has 1 aromatic rings. The van der Waals surface area contributed by atoms with Crippen LogP contribution in [-0.2, 0) is 4.74 Å².